The molecule has 0 heterocycles. The van der Waals surface area contributed by atoms with Crippen LogP contribution < -0.4 is 0 Å². The molecule has 0 bridgehead atoms. The molecule has 0 amide bonds. The molecule has 0 aromatic heterocycles. The van der Waals surface area contributed by atoms with Gasteiger partial charge in [0.2, 0.25) is 5.78 Å². The minimum Gasteiger partial charge on any atom is -0.463 e. The van der Waals surface area contributed by atoms with Gasteiger partial charge < -0.3 is 14.6 Å². The van der Waals surface area contributed by atoms with E-state index in [9.17, 15) is 28.3 Å². The van der Waals surface area contributed by atoms with Gasteiger partial charge in [-0.15, -0.1) is 0 Å². The number of hydrogen-bond donors (Lipinski definition) is 1. The second-order valence-corrected chi connectivity index (χ2v) is 9.82. The highest BCUT2D eigenvalue weighted by Crippen LogP contribution is 2.37. The van der Waals surface area contributed by atoms with Crippen LogP contribution in [-0.4, -0.2) is 54.5 Å². The Kier molecular flexibility index (Phi) is 14.7. The van der Waals surface area contributed by atoms with Crippen LogP contribution in [0.5, 0.6) is 0 Å². The summed E-state index contributed by atoms with van der Waals surface area (Å²) in [6, 6.07) is 0. The second kappa shape index (κ2) is 16.3. The van der Waals surface area contributed by atoms with Crippen molar-refractivity contribution in [2.45, 2.75) is 122 Å². The number of ether oxygens (including phenoxy) is 2. The Morgan fingerprint density at radius 2 is 1.65 bits per heavy atom. The average molecular weight is 491 g/mol. The van der Waals surface area contributed by atoms with Crippen LogP contribution in [0.25, 0.3) is 0 Å². The Hall–Kier alpha value is -1.41. The maximum Gasteiger partial charge on any atom is 0.306 e. The number of rotatable bonds is 19. The van der Waals surface area contributed by atoms with Crippen molar-refractivity contribution >= 4 is 17.5 Å². The van der Waals surface area contributed by atoms with Gasteiger partial charge in [-0.25, -0.2) is 0 Å². The van der Waals surface area contributed by atoms with E-state index in [2.05, 4.69) is 0 Å². The zero-order valence-electron chi connectivity index (χ0n) is 21.2. The van der Waals surface area contributed by atoms with E-state index >= 15 is 0 Å². The minimum atomic E-state index is -3.37. The molecular formula is C26H44F2O6. The van der Waals surface area contributed by atoms with Crippen LogP contribution >= 0.6 is 0 Å². The predicted octanol–water partition coefficient (Wildman–Crippen LogP) is 5.43. The van der Waals surface area contributed by atoms with Gasteiger partial charge in [0.15, 0.2) is 0 Å². The van der Waals surface area contributed by atoms with E-state index in [-0.39, 0.29) is 49.5 Å². The summed E-state index contributed by atoms with van der Waals surface area (Å²) in [5.41, 5.74) is 0. The van der Waals surface area contributed by atoms with Gasteiger partial charge in [0.1, 0.15) is 5.78 Å². The molecule has 1 N–H and O–H groups in total. The summed E-state index contributed by atoms with van der Waals surface area (Å²) in [5.74, 6) is -5.45. The van der Waals surface area contributed by atoms with E-state index in [1.165, 1.54) is 7.11 Å². The Morgan fingerprint density at radius 1 is 1.00 bits per heavy atom. The maximum atomic E-state index is 14.1. The maximum absolute atomic E-state index is 14.1. The molecule has 1 rings (SSSR count). The van der Waals surface area contributed by atoms with E-state index < -0.39 is 30.1 Å². The van der Waals surface area contributed by atoms with Crippen molar-refractivity contribution in [3.8, 4) is 0 Å². The number of aliphatic hydroxyl groups excluding tert-OH is 1. The molecule has 1 saturated carbocycles. The third kappa shape index (κ3) is 11.8. The minimum absolute atomic E-state index is 0.0278. The van der Waals surface area contributed by atoms with Crippen molar-refractivity contribution in [3.63, 3.8) is 0 Å². The first-order valence-electron chi connectivity index (χ1n) is 12.9. The lowest BCUT2D eigenvalue weighted by atomic mass is 9.85. The molecule has 0 saturated heterocycles. The molecule has 2 unspecified atom stereocenters. The average Bonchev–Trinajstić information content (AvgIpc) is 3.02. The number of ketones is 2. The van der Waals surface area contributed by atoms with Crippen LogP contribution in [0, 0.1) is 11.8 Å². The molecule has 34 heavy (non-hydrogen) atoms. The molecule has 1 fully saturated rings. The van der Waals surface area contributed by atoms with Gasteiger partial charge in [-0.3, -0.25) is 14.4 Å². The molecule has 0 spiro atoms. The van der Waals surface area contributed by atoms with Crippen LogP contribution in [0.3, 0.4) is 0 Å². The van der Waals surface area contributed by atoms with Gasteiger partial charge in [0.25, 0.3) is 0 Å². The quantitative estimate of drug-likeness (QED) is 0.192. The number of esters is 1. The Balaban J connectivity index is 2.30. The summed E-state index contributed by atoms with van der Waals surface area (Å²) in [4.78, 5) is 35.9. The molecule has 198 valence electrons. The van der Waals surface area contributed by atoms with E-state index in [0.29, 0.717) is 25.9 Å². The molecule has 3 atom stereocenters. The van der Waals surface area contributed by atoms with Crippen LogP contribution in [0.15, 0.2) is 0 Å². The van der Waals surface area contributed by atoms with Crippen molar-refractivity contribution in [1.82, 2.24) is 0 Å². The Bertz CT molecular complexity index is 622. The molecule has 0 aliphatic heterocycles. The van der Waals surface area contributed by atoms with Gasteiger partial charge in [-0.2, -0.15) is 8.78 Å². The predicted molar refractivity (Wildman–Crippen MR) is 126 cm³/mol. The van der Waals surface area contributed by atoms with Gasteiger partial charge in [0, 0.05) is 45.3 Å². The lowest BCUT2D eigenvalue weighted by Crippen LogP contribution is -2.30. The van der Waals surface area contributed by atoms with Crippen molar-refractivity contribution in [1.29, 1.82) is 0 Å². The van der Waals surface area contributed by atoms with Crippen molar-refractivity contribution in [2.24, 2.45) is 11.8 Å². The lowest BCUT2D eigenvalue weighted by Gasteiger charge is -2.22. The summed E-state index contributed by atoms with van der Waals surface area (Å²) < 4.78 is 38.2. The van der Waals surface area contributed by atoms with Gasteiger partial charge in [0.05, 0.1) is 12.2 Å². The van der Waals surface area contributed by atoms with Crippen molar-refractivity contribution in [3.05, 3.63) is 0 Å². The molecule has 8 heteroatoms. The summed E-state index contributed by atoms with van der Waals surface area (Å²) in [6.07, 6.45) is 5.61. The largest absolute Gasteiger partial charge is 0.463 e. The van der Waals surface area contributed by atoms with Crippen LogP contribution in [0.1, 0.15) is 104 Å². The number of halogens is 2. The van der Waals surface area contributed by atoms with Crippen molar-refractivity contribution in [2.75, 3.05) is 13.7 Å². The third-order valence-electron chi connectivity index (χ3n) is 6.55. The number of carbonyl (C=O) groups is 3. The van der Waals surface area contributed by atoms with E-state index in [0.717, 1.165) is 38.5 Å². The summed E-state index contributed by atoms with van der Waals surface area (Å²) in [6.45, 7) is 4.04. The monoisotopic (exact) mass is 490 g/mol. The Labute approximate surface area is 203 Å². The van der Waals surface area contributed by atoms with E-state index in [4.69, 9.17) is 9.47 Å². The van der Waals surface area contributed by atoms with Gasteiger partial charge >= 0.3 is 11.9 Å². The SMILES string of the molecule is COCCCCC(F)(F)C(=O)CC[C@H]1C(O)CC(=O)C1CCCCCCCCC(=O)OC(C)C. The standard InChI is InChI=1S/C26H44F2O6/c1-19(2)34-25(32)13-9-7-5-4-6-8-12-20-21(23(30)18-22(20)29)14-15-24(31)26(27,28)16-10-11-17-33-3/h19-21,23,30H,4-18H2,1-3H3/t20?,21-,23?/m1/s1. The first kappa shape index (κ1) is 30.6. The second-order valence-electron chi connectivity index (χ2n) is 9.82. The number of Topliss-reactive ketones (excluding diaryl/α,β-unsaturated/α-hetero) is 2. The zero-order valence-corrected chi connectivity index (χ0v) is 21.2. The Morgan fingerprint density at radius 3 is 2.29 bits per heavy atom. The van der Waals surface area contributed by atoms with E-state index in [1.807, 2.05) is 13.8 Å². The van der Waals surface area contributed by atoms with E-state index in [1.54, 1.807) is 0 Å². The van der Waals surface area contributed by atoms with Crippen LogP contribution in [0.2, 0.25) is 0 Å². The molecule has 0 radical (unpaired) electrons. The molecule has 1 aliphatic rings. The molecule has 0 aromatic carbocycles. The van der Waals surface area contributed by atoms with Gasteiger partial charge in [-0.05, 0) is 51.9 Å². The number of alkyl halides is 2. The lowest BCUT2D eigenvalue weighted by molar-refractivity contribution is -0.147. The topological polar surface area (TPSA) is 89.9 Å². The van der Waals surface area contributed by atoms with Crippen LogP contribution in [0.4, 0.5) is 8.78 Å². The summed E-state index contributed by atoms with van der Waals surface area (Å²) in [5, 5.41) is 10.3. The first-order valence-corrected chi connectivity index (χ1v) is 12.9. The fraction of sp³-hybridized carbons (Fsp3) is 0.885. The number of hydrogen-bond acceptors (Lipinski definition) is 6. The smallest absolute Gasteiger partial charge is 0.306 e. The number of methoxy groups -OCH3 is 1. The zero-order chi connectivity index (χ0) is 25.6. The molecular weight excluding hydrogens is 446 g/mol. The normalized spacial score (nSPS) is 20.8. The molecule has 6 nitrogen and oxygen atoms in total. The fourth-order valence-corrected chi connectivity index (χ4v) is 4.66. The summed E-state index contributed by atoms with van der Waals surface area (Å²) >= 11 is 0. The number of unbranched alkanes of at least 4 members (excludes halogenated alkanes) is 6. The first-order chi connectivity index (χ1) is 16.1. The molecule has 1 aliphatic carbocycles. The van der Waals surface area contributed by atoms with Crippen LogP contribution in [-0.2, 0) is 23.9 Å². The van der Waals surface area contributed by atoms with Crippen molar-refractivity contribution < 1.29 is 37.7 Å². The summed E-state index contributed by atoms with van der Waals surface area (Å²) in [7, 11) is 1.50. The van der Waals surface area contributed by atoms with Gasteiger partial charge in [-0.1, -0.05) is 32.1 Å². The number of aliphatic hydroxyl groups is 1. The highest BCUT2D eigenvalue weighted by molar-refractivity contribution is 5.86. The number of carbonyl (C=O) groups excluding carboxylic acids is 3. The fourth-order valence-electron chi connectivity index (χ4n) is 4.66. The highest BCUT2D eigenvalue weighted by Gasteiger charge is 2.43. The highest BCUT2D eigenvalue weighted by atomic mass is 19.3. The molecule has 0 aromatic rings. The third-order valence-corrected chi connectivity index (χ3v) is 6.55.